The molecule has 1 aliphatic rings. The molecule has 1 aliphatic heterocycles. The van der Waals surface area contributed by atoms with Crippen LogP contribution in [-0.4, -0.2) is 49.2 Å². The van der Waals surface area contributed by atoms with Crippen LogP contribution in [0.2, 0.25) is 5.02 Å². The molecule has 170 valence electrons. The Hall–Kier alpha value is -3.02. The highest BCUT2D eigenvalue weighted by Crippen LogP contribution is 2.24. The first kappa shape index (κ1) is 23.6. The van der Waals surface area contributed by atoms with E-state index in [1.807, 2.05) is 0 Å². The van der Waals surface area contributed by atoms with Crippen LogP contribution in [0.4, 0.5) is 11.4 Å². The smallest absolute Gasteiger partial charge is 0.340 e. The Morgan fingerprint density at radius 3 is 2.50 bits per heavy atom. The number of benzene rings is 2. The molecule has 0 saturated carbocycles. The first-order valence-corrected chi connectivity index (χ1v) is 11.5. The lowest BCUT2D eigenvalue weighted by Crippen LogP contribution is -2.35. The maximum Gasteiger partial charge on any atom is 0.340 e. The van der Waals surface area contributed by atoms with E-state index in [-0.39, 0.29) is 26.9 Å². The minimum absolute atomic E-state index is 0.0619. The molecule has 0 radical (unpaired) electrons. The van der Waals surface area contributed by atoms with E-state index in [1.165, 1.54) is 28.6 Å². The minimum Gasteiger partial charge on any atom is -0.452 e. The number of ether oxygens (including phenoxy) is 1. The molecule has 0 unspecified atom stereocenters. The molecule has 12 heteroatoms. The lowest BCUT2D eigenvalue weighted by Gasteiger charge is -2.26. The number of carbonyl (C=O) groups excluding carboxylic acids is 2. The van der Waals surface area contributed by atoms with Crippen LogP contribution in [0.15, 0.2) is 47.4 Å². The van der Waals surface area contributed by atoms with Crippen LogP contribution in [0.1, 0.15) is 29.6 Å². The fraction of sp³-hybridized carbons (Fsp3) is 0.300. The van der Waals surface area contributed by atoms with E-state index < -0.39 is 33.4 Å². The molecule has 0 aliphatic carbocycles. The molecule has 1 heterocycles. The second kappa shape index (κ2) is 10.1. The monoisotopic (exact) mass is 481 g/mol. The molecule has 0 atom stereocenters. The predicted octanol–water partition coefficient (Wildman–Crippen LogP) is 3.22. The lowest BCUT2D eigenvalue weighted by molar-refractivity contribution is -0.384. The molecule has 3 rings (SSSR count). The number of nitrogens with zero attached hydrogens (tertiary/aromatic N) is 2. The molecule has 0 aromatic heterocycles. The third-order valence-electron chi connectivity index (χ3n) is 4.79. The van der Waals surface area contributed by atoms with Crippen molar-refractivity contribution in [2.75, 3.05) is 25.0 Å². The quantitative estimate of drug-likeness (QED) is 0.364. The van der Waals surface area contributed by atoms with Crippen molar-refractivity contribution in [2.24, 2.45) is 0 Å². The highest BCUT2D eigenvalue weighted by atomic mass is 35.5. The maximum absolute atomic E-state index is 12.8. The zero-order valence-electron chi connectivity index (χ0n) is 16.8. The molecule has 1 fully saturated rings. The van der Waals surface area contributed by atoms with Gasteiger partial charge in [0.05, 0.1) is 20.4 Å². The molecule has 2 aromatic carbocycles. The SMILES string of the molecule is O=C(COC(=O)c1ccc([N+](=O)[O-])cc1Cl)Nc1cccc(S(=O)(=O)N2CCCCC2)c1. The summed E-state index contributed by atoms with van der Waals surface area (Å²) in [5.74, 6) is -1.62. The Kier molecular flexibility index (Phi) is 7.44. The molecule has 1 amide bonds. The van der Waals surface area contributed by atoms with Gasteiger partial charge in [0.25, 0.3) is 11.6 Å². The minimum atomic E-state index is -3.66. The average Bonchev–Trinajstić information content (AvgIpc) is 2.78. The number of rotatable bonds is 7. The van der Waals surface area contributed by atoms with Gasteiger partial charge in [0.1, 0.15) is 0 Å². The van der Waals surface area contributed by atoms with Crippen LogP contribution in [0.25, 0.3) is 0 Å². The predicted molar refractivity (Wildman–Crippen MR) is 116 cm³/mol. The van der Waals surface area contributed by atoms with Crippen molar-refractivity contribution in [3.05, 3.63) is 63.2 Å². The maximum atomic E-state index is 12.8. The number of carbonyl (C=O) groups is 2. The molecule has 10 nitrogen and oxygen atoms in total. The summed E-state index contributed by atoms with van der Waals surface area (Å²) in [6.45, 7) is 0.259. The summed E-state index contributed by atoms with van der Waals surface area (Å²) in [5, 5.41) is 13.0. The van der Waals surface area contributed by atoms with Gasteiger partial charge in [-0.25, -0.2) is 13.2 Å². The van der Waals surface area contributed by atoms with Gasteiger partial charge in [-0.05, 0) is 37.1 Å². The molecular weight excluding hydrogens is 462 g/mol. The summed E-state index contributed by atoms with van der Waals surface area (Å²) in [4.78, 5) is 34.4. The van der Waals surface area contributed by atoms with E-state index in [2.05, 4.69) is 5.32 Å². The molecule has 2 aromatic rings. The molecule has 1 saturated heterocycles. The van der Waals surface area contributed by atoms with Gasteiger partial charge in [-0.2, -0.15) is 4.31 Å². The Balaban J connectivity index is 1.61. The number of piperidine rings is 1. The standard InChI is InChI=1S/C20H20ClN3O7S/c21-18-12-15(24(27)28)7-8-17(18)20(26)31-13-19(25)22-14-5-4-6-16(11-14)32(29,30)23-9-2-1-3-10-23/h4-8,11-12H,1-3,9-10,13H2,(H,22,25). The third-order valence-corrected chi connectivity index (χ3v) is 7.00. The zero-order valence-corrected chi connectivity index (χ0v) is 18.4. The van der Waals surface area contributed by atoms with Crippen molar-refractivity contribution >= 4 is 44.9 Å². The van der Waals surface area contributed by atoms with E-state index in [9.17, 15) is 28.1 Å². The number of sulfonamides is 1. The number of non-ortho nitro benzene ring substituents is 1. The summed E-state index contributed by atoms with van der Waals surface area (Å²) >= 11 is 5.87. The van der Waals surface area contributed by atoms with Crippen molar-refractivity contribution in [3.8, 4) is 0 Å². The van der Waals surface area contributed by atoms with Gasteiger partial charge in [0.2, 0.25) is 10.0 Å². The molecule has 0 spiro atoms. The summed E-state index contributed by atoms with van der Waals surface area (Å²) in [7, 11) is -3.66. The zero-order chi connectivity index (χ0) is 23.3. The molecule has 1 N–H and O–H groups in total. The number of hydrogen-bond acceptors (Lipinski definition) is 7. The van der Waals surface area contributed by atoms with Crippen LogP contribution in [0.5, 0.6) is 0 Å². The van der Waals surface area contributed by atoms with Gasteiger partial charge in [-0.15, -0.1) is 0 Å². The van der Waals surface area contributed by atoms with E-state index in [1.54, 1.807) is 0 Å². The fourth-order valence-electron chi connectivity index (χ4n) is 3.18. The van der Waals surface area contributed by atoms with E-state index >= 15 is 0 Å². The second-order valence-corrected chi connectivity index (χ2v) is 9.38. The summed E-state index contributed by atoms with van der Waals surface area (Å²) < 4.78 is 31.9. The van der Waals surface area contributed by atoms with Gasteiger partial charge in [0.15, 0.2) is 6.61 Å². The Morgan fingerprint density at radius 1 is 1.12 bits per heavy atom. The highest BCUT2D eigenvalue weighted by Gasteiger charge is 2.26. The van der Waals surface area contributed by atoms with E-state index in [0.717, 1.165) is 37.5 Å². The number of amides is 1. The molecule has 0 bridgehead atoms. The Morgan fingerprint density at radius 2 is 1.84 bits per heavy atom. The summed E-state index contributed by atoms with van der Waals surface area (Å²) in [6.07, 6.45) is 2.60. The number of anilines is 1. The van der Waals surface area contributed by atoms with Gasteiger partial charge >= 0.3 is 5.97 Å². The first-order chi connectivity index (χ1) is 15.2. The number of hydrogen-bond donors (Lipinski definition) is 1. The average molecular weight is 482 g/mol. The topological polar surface area (TPSA) is 136 Å². The number of nitrogens with one attached hydrogen (secondary N) is 1. The summed E-state index contributed by atoms with van der Waals surface area (Å²) in [5.41, 5.74) is -0.180. The third kappa shape index (κ3) is 5.61. The van der Waals surface area contributed by atoms with Crippen molar-refractivity contribution < 1.29 is 27.7 Å². The van der Waals surface area contributed by atoms with Crippen molar-refractivity contribution in [1.82, 2.24) is 4.31 Å². The van der Waals surface area contributed by atoms with Gasteiger partial charge < -0.3 is 10.1 Å². The van der Waals surface area contributed by atoms with E-state index in [0.29, 0.717) is 13.1 Å². The number of nitro benzene ring substituents is 1. The normalized spacial score (nSPS) is 14.5. The number of halogens is 1. The van der Waals surface area contributed by atoms with Crippen LogP contribution in [0.3, 0.4) is 0 Å². The van der Waals surface area contributed by atoms with E-state index in [4.69, 9.17) is 16.3 Å². The molecule has 32 heavy (non-hydrogen) atoms. The number of esters is 1. The van der Waals surface area contributed by atoms with Crippen molar-refractivity contribution in [3.63, 3.8) is 0 Å². The first-order valence-electron chi connectivity index (χ1n) is 9.69. The Labute approximate surface area is 189 Å². The molecular formula is C20H20ClN3O7S. The van der Waals surface area contributed by atoms with Gasteiger partial charge in [-0.1, -0.05) is 24.1 Å². The van der Waals surface area contributed by atoms with Crippen molar-refractivity contribution in [2.45, 2.75) is 24.2 Å². The van der Waals surface area contributed by atoms with Crippen LogP contribution in [0, 0.1) is 10.1 Å². The van der Waals surface area contributed by atoms with Gasteiger partial charge in [-0.3, -0.25) is 14.9 Å². The van der Waals surface area contributed by atoms with Crippen LogP contribution < -0.4 is 5.32 Å². The fourth-order valence-corrected chi connectivity index (χ4v) is 4.99. The van der Waals surface area contributed by atoms with Crippen LogP contribution >= 0.6 is 11.6 Å². The van der Waals surface area contributed by atoms with Gasteiger partial charge in [0, 0.05) is 30.9 Å². The number of nitro groups is 1. The highest BCUT2D eigenvalue weighted by molar-refractivity contribution is 7.89. The lowest BCUT2D eigenvalue weighted by atomic mass is 10.2. The second-order valence-electron chi connectivity index (χ2n) is 7.04. The largest absolute Gasteiger partial charge is 0.452 e. The van der Waals surface area contributed by atoms with Crippen molar-refractivity contribution in [1.29, 1.82) is 0 Å². The van der Waals surface area contributed by atoms with Crippen LogP contribution in [-0.2, 0) is 19.6 Å². The summed E-state index contributed by atoms with van der Waals surface area (Å²) in [6, 6.07) is 9.06. The Bertz CT molecular complexity index is 1150.